The second-order valence-corrected chi connectivity index (χ2v) is 5.33. The maximum Gasteiger partial charge on any atom is 0.137 e. The maximum atomic E-state index is 5.76. The van der Waals surface area contributed by atoms with Crippen molar-refractivity contribution in [2.75, 3.05) is 19.6 Å². The van der Waals surface area contributed by atoms with Crippen molar-refractivity contribution in [2.24, 2.45) is 5.73 Å². The molecule has 3 heterocycles. The molecule has 0 spiro atoms. The average Bonchev–Trinajstić information content (AvgIpc) is 2.89. The van der Waals surface area contributed by atoms with Crippen molar-refractivity contribution >= 4 is 5.65 Å². The van der Waals surface area contributed by atoms with Gasteiger partial charge in [-0.05, 0) is 38.1 Å². The third-order valence-corrected chi connectivity index (χ3v) is 3.97. The minimum Gasteiger partial charge on any atom is -0.325 e. The molecule has 0 amide bonds. The van der Waals surface area contributed by atoms with Crippen molar-refractivity contribution in [3.8, 4) is 0 Å². The van der Waals surface area contributed by atoms with Gasteiger partial charge in [0.1, 0.15) is 5.65 Å². The molecule has 3 rings (SSSR count). The molecule has 0 aliphatic carbocycles. The quantitative estimate of drug-likeness (QED) is 0.910. The zero-order chi connectivity index (χ0) is 13.1. The number of hydrogen-bond acceptors (Lipinski definition) is 3. The van der Waals surface area contributed by atoms with Crippen LogP contribution in [0.5, 0.6) is 0 Å². The lowest BCUT2D eigenvalue weighted by atomic mass is 10.1. The first kappa shape index (κ1) is 12.6. The number of nitrogens with two attached hydrogens (primary N) is 1. The number of hydrogen-bond donors (Lipinski definition) is 1. The number of fused-ring (bicyclic) bond motifs is 1. The highest BCUT2D eigenvalue weighted by Crippen LogP contribution is 2.12. The number of aromatic nitrogens is 2. The molecule has 2 aromatic rings. The number of rotatable bonds is 4. The molecule has 102 valence electrons. The Kier molecular flexibility index (Phi) is 3.80. The van der Waals surface area contributed by atoms with E-state index in [4.69, 9.17) is 5.73 Å². The molecular formula is C15H22N4. The SMILES string of the molecule is NCc1cccc2nc(CCN3CCCCC3)cn12. The van der Waals surface area contributed by atoms with Crippen LogP contribution in [-0.4, -0.2) is 33.9 Å². The first-order valence-corrected chi connectivity index (χ1v) is 7.25. The Hall–Kier alpha value is -1.39. The van der Waals surface area contributed by atoms with Gasteiger partial charge in [-0.3, -0.25) is 0 Å². The second kappa shape index (κ2) is 5.72. The van der Waals surface area contributed by atoms with E-state index in [1.165, 1.54) is 38.0 Å². The van der Waals surface area contributed by atoms with Gasteiger partial charge in [0.05, 0.1) is 5.69 Å². The fraction of sp³-hybridized carbons (Fsp3) is 0.533. The monoisotopic (exact) mass is 258 g/mol. The summed E-state index contributed by atoms with van der Waals surface area (Å²) in [4.78, 5) is 7.24. The topological polar surface area (TPSA) is 46.6 Å². The lowest BCUT2D eigenvalue weighted by Crippen LogP contribution is -2.31. The minimum absolute atomic E-state index is 0.555. The van der Waals surface area contributed by atoms with Crippen LogP contribution in [0.3, 0.4) is 0 Å². The molecule has 4 heteroatoms. The molecular weight excluding hydrogens is 236 g/mol. The standard InChI is InChI=1S/C15H22N4/c16-11-14-5-4-6-15-17-13(12-19(14)15)7-10-18-8-2-1-3-9-18/h4-6,12H,1-3,7-11,16H2. The van der Waals surface area contributed by atoms with E-state index in [-0.39, 0.29) is 0 Å². The number of nitrogens with zero attached hydrogens (tertiary/aromatic N) is 3. The molecule has 0 saturated carbocycles. The van der Waals surface area contributed by atoms with Gasteiger partial charge in [-0.25, -0.2) is 4.98 Å². The van der Waals surface area contributed by atoms with Crippen molar-refractivity contribution in [2.45, 2.75) is 32.2 Å². The van der Waals surface area contributed by atoms with Crippen LogP contribution < -0.4 is 5.73 Å². The van der Waals surface area contributed by atoms with Gasteiger partial charge in [-0.2, -0.15) is 0 Å². The van der Waals surface area contributed by atoms with Gasteiger partial charge < -0.3 is 15.0 Å². The molecule has 1 fully saturated rings. The molecule has 4 nitrogen and oxygen atoms in total. The van der Waals surface area contributed by atoms with Crippen LogP contribution in [-0.2, 0) is 13.0 Å². The van der Waals surface area contributed by atoms with Crippen LogP contribution >= 0.6 is 0 Å². The molecule has 1 aliphatic heterocycles. The van der Waals surface area contributed by atoms with Crippen molar-refractivity contribution in [1.82, 2.24) is 14.3 Å². The summed E-state index contributed by atoms with van der Waals surface area (Å²) in [5.41, 5.74) is 9.06. The van der Waals surface area contributed by atoms with E-state index in [0.717, 1.165) is 24.3 Å². The predicted octanol–water partition coefficient (Wildman–Crippen LogP) is 1.82. The van der Waals surface area contributed by atoms with Crippen LogP contribution in [0, 0.1) is 0 Å². The van der Waals surface area contributed by atoms with E-state index in [1.54, 1.807) is 0 Å². The maximum absolute atomic E-state index is 5.76. The van der Waals surface area contributed by atoms with Gasteiger partial charge in [0.2, 0.25) is 0 Å². The molecule has 0 radical (unpaired) electrons. The number of piperidine rings is 1. The zero-order valence-electron chi connectivity index (χ0n) is 11.4. The van der Waals surface area contributed by atoms with Gasteiger partial charge in [-0.1, -0.05) is 12.5 Å². The lowest BCUT2D eigenvalue weighted by Gasteiger charge is -2.25. The molecule has 1 aliphatic rings. The second-order valence-electron chi connectivity index (χ2n) is 5.33. The Morgan fingerprint density at radius 1 is 1.16 bits per heavy atom. The third kappa shape index (κ3) is 2.80. The first-order valence-electron chi connectivity index (χ1n) is 7.25. The van der Waals surface area contributed by atoms with Crippen molar-refractivity contribution < 1.29 is 0 Å². The molecule has 1 saturated heterocycles. The van der Waals surface area contributed by atoms with E-state index in [1.807, 2.05) is 12.1 Å². The largest absolute Gasteiger partial charge is 0.325 e. The van der Waals surface area contributed by atoms with Gasteiger partial charge in [0.15, 0.2) is 0 Å². The first-order chi connectivity index (χ1) is 9.36. The molecule has 2 aromatic heterocycles. The summed E-state index contributed by atoms with van der Waals surface area (Å²) in [6, 6.07) is 6.13. The fourth-order valence-electron chi connectivity index (χ4n) is 2.86. The smallest absolute Gasteiger partial charge is 0.137 e. The Morgan fingerprint density at radius 2 is 2.00 bits per heavy atom. The van der Waals surface area contributed by atoms with Crippen LogP contribution in [0.25, 0.3) is 5.65 Å². The molecule has 0 unspecified atom stereocenters. The summed E-state index contributed by atoms with van der Waals surface area (Å²) in [5.74, 6) is 0. The number of imidazole rings is 1. The summed E-state index contributed by atoms with van der Waals surface area (Å²) in [6.07, 6.45) is 7.27. The van der Waals surface area contributed by atoms with Crippen LogP contribution in [0.15, 0.2) is 24.4 Å². The third-order valence-electron chi connectivity index (χ3n) is 3.97. The van der Waals surface area contributed by atoms with E-state index < -0.39 is 0 Å². The lowest BCUT2D eigenvalue weighted by molar-refractivity contribution is 0.231. The zero-order valence-corrected chi connectivity index (χ0v) is 11.4. The highest BCUT2D eigenvalue weighted by Gasteiger charge is 2.11. The van der Waals surface area contributed by atoms with E-state index >= 15 is 0 Å². The summed E-state index contributed by atoms with van der Waals surface area (Å²) >= 11 is 0. The summed E-state index contributed by atoms with van der Waals surface area (Å²) < 4.78 is 2.12. The number of likely N-dealkylation sites (tertiary alicyclic amines) is 1. The van der Waals surface area contributed by atoms with E-state index in [9.17, 15) is 0 Å². The van der Waals surface area contributed by atoms with Crippen molar-refractivity contribution in [1.29, 1.82) is 0 Å². The molecule has 19 heavy (non-hydrogen) atoms. The van der Waals surface area contributed by atoms with E-state index in [0.29, 0.717) is 6.54 Å². The fourth-order valence-corrected chi connectivity index (χ4v) is 2.86. The predicted molar refractivity (Wildman–Crippen MR) is 77.1 cm³/mol. The Balaban J connectivity index is 1.70. The average molecular weight is 258 g/mol. The van der Waals surface area contributed by atoms with Crippen molar-refractivity contribution in [3.05, 3.63) is 35.8 Å². The van der Waals surface area contributed by atoms with Crippen molar-refractivity contribution in [3.63, 3.8) is 0 Å². The molecule has 0 bridgehead atoms. The Labute approximate surface area is 114 Å². The van der Waals surface area contributed by atoms with Gasteiger partial charge in [0.25, 0.3) is 0 Å². The van der Waals surface area contributed by atoms with Crippen LogP contribution in [0.1, 0.15) is 30.7 Å². The van der Waals surface area contributed by atoms with Gasteiger partial charge in [-0.15, -0.1) is 0 Å². The highest BCUT2D eigenvalue weighted by molar-refractivity contribution is 5.41. The Morgan fingerprint density at radius 3 is 2.79 bits per heavy atom. The minimum atomic E-state index is 0.555. The molecule has 0 aromatic carbocycles. The Bertz CT molecular complexity index is 540. The van der Waals surface area contributed by atoms with E-state index in [2.05, 4.69) is 26.5 Å². The van der Waals surface area contributed by atoms with Gasteiger partial charge >= 0.3 is 0 Å². The summed E-state index contributed by atoms with van der Waals surface area (Å²) in [7, 11) is 0. The normalized spacial score (nSPS) is 17.1. The van der Waals surface area contributed by atoms with Gasteiger partial charge in [0, 0.05) is 31.4 Å². The summed E-state index contributed by atoms with van der Waals surface area (Å²) in [5, 5.41) is 0. The molecule has 0 atom stereocenters. The highest BCUT2D eigenvalue weighted by atomic mass is 15.1. The molecule has 2 N–H and O–H groups in total. The number of pyridine rings is 1. The summed E-state index contributed by atoms with van der Waals surface area (Å²) in [6.45, 7) is 4.18. The van der Waals surface area contributed by atoms with Crippen LogP contribution in [0.2, 0.25) is 0 Å². The van der Waals surface area contributed by atoms with Crippen LogP contribution in [0.4, 0.5) is 0 Å².